The summed E-state index contributed by atoms with van der Waals surface area (Å²) in [6.07, 6.45) is -2.97. The Labute approximate surface area is 189 Å². The molecule has 3 aromatic rings. The minimum atomic E-state index is -4.72. The molecular formula is C23H23ClF3N3O2. The minimum absolute atomic E-state index is 0.0995. The molecule has 1 aliphatic heterocycles. The van der Waals surface area contributed by atoms with Crippen LogP contribution in [0.25, 0.3) is 5.69 Å². The first kappa shape index (κ1) is 22.5. The van der Waals surface area contributed by atoms with Crippen LogP contribution in [0.5, 0.6) is 11.8 Å². The summed E-state index contributed by atoms with van der Waals surface area (Å²) in [5, 5.41) is 9.14. The summed E-state index contributed by atoms with van der Waals surface area (Å²) >= 11 is 6.03. The highest BCUT2D eigenvalue weighted by Gasteiger charge is 2.39. The molecule has 2 heterocycles. The molecule has 170 valence electrons. The Morgan fingerprint density at radius 3 is 2.44 bits per heavy atom. The molecule has 0 amide bonds. The molecule has 1 aliphatic rings. The summed E-state index contributed by atoms with van der Waals surface area (Å²) < 4.78 is 47.0. The van der Waals surface area contributed by atoms with E-state index < -0.39 is 17.0 Å². The molecule has 2 aromatic carbocycles. The van der Waals surface area contributed by atoms with Crippen molar-refractivity contribution in [1.82, 2.24) is 14.5 Å². The van der Waals surface area contributed by atoms with Crippen LogP contribution in [0.3, 0.4) is 0 Å². The van der Waals surface area contributed by atoms with Gasteiger partial charge in [0.25, 0.3) is 0 Å². The monoisotopic (exact) mass is 465 g/mol. The van der Waals surface area contributed by atoms with E-state index in [1.165, 1.54) is 29.8 Å². The van der Waals surface area contributed by atoms with Crippen molar-refractivity contribution in [3.8, 4) is 17.4 Å². The van der Waals surface area contributed by atoms with E-state index in [1.54, 1.807) is 0 Å². The van der Waals surface area contributed by atoms with Crippen LogP contribution in [0.15, 0.2) is 54.6 Å². The predicted molar refractivity (Wildman–Crippen MR) is 115 cm³/mol. The second-order valence-corrected chi connectivity index (χ2v) is 8.26. The average molecular weight is 466 g/mol. The molecule has 0 saturated carbocycles. The number of aromatic hydroxyl groups is 1. The van der Waals surface area contributed by atoms with Crippen LogP contribution < -0.4 is 4.74 Å². The lowest BCUT2D eigenvalue weighted by Crippen LogP contribution is -2.35. The lowest BCUT2D eigenvalue weighted by Gasteiger charge is -2.31. The number of imidazole rings is 1. The van der Waals surface area contributed by atoms with Gasteiger partial charge in [-0.15, -0.1) is 0 Å². The van der Waals surface area contributed by atoms with Gasteiger partial charge in [0.1, 0.15) is 10.9 Å². The van der Waals surface area contributed by atoms with Crippen molar-refractivity contribution in [1.29, 1.82) is 0 Å². The van der Waals surface area contributed by atoms with E-state index >= 15 is 0 Å². The molecule has 0 spiro atoms. The molecule has 1 N–H and O–H groups in total. The molecule has 0 radical (unpaired) electrons. The van der Waals surface area contributed by atoms with Gasteiger partial charge >= 0.3 is 12.2 Å². The number of hydrogen-bond acceptors (Lipinski definition) is 4. The number of likely N-dealkylation sites (tertiary alicyclic amines) is 1. The molecule has 32 heavy (non-hydrogen) atoms. The second kappa shape index (κ2) is 9.42. The van der Waals surface area contributed by atoms with E-state index in [1.807, 2.05) is 18.2 Å². The molecular weight excluding hydrogens is 443 g/mol. The van der Waals surface area contributed by atoms with Crippen LogP contribution in [0.4, 0.5) is 13.2 Å². The minimum Gasteiger partial charge on any atom is -0.508 e. The van der Waals surface area contributed by atoms with Crippen molar-refractivity contribution >= 4 is 11.6 Å². The number of benzene rings is 2. The topological polar surface area (TPSA) is 50.5 Å². The van der Waals surface area contributed by atoms with Gasteiger partial charge in [-0.2, -0.15) is 18.2 Å². The standard InChI is InChI=1S/C23H23ClF3N3O2/c24-21-20(23(25,26)27)28-22(30(21)18-7-4-8-19(31)13-18)32-15-17-9-11-29(12-10-17)14-16-5-2-1-3-6-16/h1-8,13,17,31H,9-12,14-15H2. The summed E-state index contributed by atoms with van der Waals surface area (Å²) in [5.74, 6) is 0.0991. The summed E-state index contributed by atoms with van der Waals surface area (Å²) in [5.41, 5.74) is 0.283. The Morgan fingerprint density at radius 1 is 1.06 bits per heavy atom. The number of piperidine rings is 1. The van der Waals surface area contributed by atoms with E-state index in [9.17, 15) is 18.3 Å². The Bertz CT molecular complexity index is 1050. The van der Waals surface area contributed by atoms with Crippen LogP contribution in [-0.2, 0) is 12.7 Å². The number of phenolic OH excluding ortho intramolecular Hbond substituents is 1. The van der Waals surface area contributed by atoms with E-state index in [0.717, 1.165) is 37.0 Å². The molecule has 0 atom stereocenters. The van der Waals surface area contributed by atoms with Crippen LogP contribution in [0.1, 0.15) is 24.1 Å². The quantitative estimate of drug-likeness (QED) is 0.519. The predicted octanol–water partition coefficient (Wildman–Crippen LogP) is 5.54. The van der Waals surface area contributed by atoms with Crippen molar-refractivity contribution in [3.05, 3.63) is 71.0 Å². The van der Waals surface area contributed by atoms with E-state index in [4.69, 9.17) is 16.3 Å². The molecule has 1 saturated heterocycles. The number of halogens is 4. The van der Waals surface area contributed by atoms with Crippen molar-refractivity contribution in [2.45, 2.75) is 25.6 Å². The van der Waals surface area contributed by atoms with Gasteiger partial charge in [-0.05, 0) is 49.5 Å². The normalized spacial score (nSPS) is 15.8. The maximum atomic E-state index is 13.4. The largest absolute Gasteiger partial charge is 0.508 e. The Balaban J connectivity index is 1.44. The van der Waals surface area contributed by atoms with Crippen LogP contribution >= 0.6 is 11.6 Å². The molecule has 5 nitrogen and oxygen atoms in total. The Kier molecular flexibility index (Phi) is 6.62. The number of ether oxygens (including phenoxy) is 1. The maximum Gasteiger partial charge on any atom is 0.436 e. The fraction of sp³-hybridized carbons (Fsp3) is 0.348. The number of hydrogen-bond donors (Lipinski definition) is 1. The fourth-order valence-electron chi connectivity index (χ4n) is 3.86. The average Bonchev–Trinajstić information content (AvgIpc) is 3.10. The first-order valence-corrected chi connectivity index (χ1v) is 10.7. The molecule has 4 rings (SSSR count). The third kappa shape index (κ3) is 5.19. The highest BCUT2D eigenvalue weighted by Crippen LogP contribution is 2.39. The first-order valence-electron chi connectivity index (χ1n) is 10.3. The van der Waals surface area contributed by atoms with Crippen molar-refractivity contribution < 1.29 is 23.0 Å². The summed E-state index contributed by atoms with van der Waals surface area (Å²) in [6, 6.07) is 15.8. The molecule has 0 unspecified atom stereocenters. The maximum absolute atomic E-state index is 13.4. The zero-order valence-electron chi connectivity index (χ0n) is 17.2. The summed E-state index contributed by atoms with van der Waals surface area (Å²) in [6.45, 7) is 2.89. The number of nitrogens with zero attached hydrogens (tertiary/aromatic N) is 3. The van der Waals surface area contributed by atoms with Crippen molar-refractivity contribution in [2.24, 2.45) is 5.92 Å². The van der Waals surface area contributed by atoms with Gasteiger partial charge in [-0.25, -0.2) is 0 Å². The molecule has 9 heteroatoms. The van der Waals surface area contributed by atoms with Gasteiger partial charge < -0.3 is 9.84 Å². The van der Waals surface area contributed by atoms with Crippen LogP contribution in [-0.4, -0.2) is 39.3 Å². The van der Waals surface area contributed by atoms with Gasteiger partial charge in [0.2, 0.25) is 0 Å². The Hall–Kier alpha value is -2.71. The number of rotatable bonds is 6. The fourth-order valence-corrected chi connectivity index (χ4v) is 4.18. The molecule has 0 aliphatic carbocycles. The van der Waals surface area contributed by atoms with Gasteiger partial charge in [-0.3, -0.25) is 9.47 Å². The smallest absolute Gasteiger partial charge is 0.436 e. The Morgan fingerprint density at radius 2 is 1.78 bits per heavy atom. The van der Waals surface area contributed by atoms with Gasteiger partial charge in [0.15, 0.2) is 5.69 Å². The van der Waals surface area contributed by atoms with Crippen molar-refractivity contribution in [3.63, 3.8) is 0 Å². The third-order valence-electron chi connectivity index (χ3n) is 5.55. The van der Waals surface area contributed by atoms with Gasteiger partial charge in [-0.1, -0.05) is 48.0 Å². The zero-order chi connectivity index (χ0) is 22.7. The molecule has 1 fully saturated rings. The number of alkyl halides is 3. The van der Waals surface area contributed by atoms with Gasteiger partial charge in [0, 0.05) is 12.6 Å². The summed E-state index contributed by atoms with van der Waals surface area (Å²) in [4.78, 5) is 5.99. The lowest BCUT2D eigenvalue weighted by atomic mass is 9.97. The zero-order valence-corrected chi connectivity index (χ0v) is 18.0. The second-order valence-electron chi connectivity index (χ2n) is 7.90. The third-order valence-corrected chi connectivity index (χ3v) is 5.90. The molecule has 1 aromatic heterocycles. The van der Waals surface area contributed by atoms with Gasteiger partial charge in [0.05, 0.1) is 12.3 Å². The number of phenols is 1. The van der Waals surface area contributed by atoms with E-state index in [-0.39, 0.29) is 30.0 Å². The SMILES string of the molecule is Oc1cccc(-n2c(OCC3CCN(Cc4ccccc4)CC3)nc(C(F)(F)F)c2Cl)c1. The summed E-state index contributed by atoms with van der Waals surface area (Å²) in [7, 11) is 0. The van der Waals surface area contributed by atoms with Crippen LogP contribution in [0, 0.1) is 5.92 Å². The van der Waals surface area contributed by atoms with Crippen LogP contribution in [0.2, 0.25) is 5.15 Å². The molecule has 0 bridgehead atoms. The number of aromatic nitrogens is 2. The van der Waals surface area contributed by atoms with E-state index in [0.29, 0.717) is 0 Å². The lowest BCUT2D eigenvalue weighted by molar-refractivity contribution is -0.141. The highest BCUT2D eigenvalue weighted by atomic mass is 35.5. The van der Waals surface area contributed by atoms with Crippen molar-refractivity contribution in [2.75, 3.05) is 19.7 Å². The van der Waals surface area contributed by atoms with E-state index in [2.05, 4.69) is 22.0 Å². The first-order chi connectivity index (χ1) is 15.3. The highest BCUT2D eigenvalue weighted by molar-refractivity contribution is 6.30.